The molecule has 0 aliphatic rings. The smallest absolute Gasteiger partial charge is 0.349 e. The Morgan fingerprint density at radius 3 is 2.79 bits per heavy atom. The van der Waals surface area contributed by atoms with Crippen LogP contribution in [0, 0.1) is 12.8 Å². The van der Waals surface area contributed by atoms with Crippen molar-refractivity contribution in [2.24, 2.45) is 11.7 Å². The molecule has 2 rings (SSSR count). The van der Waals surface area contributed by atoms with Crippen LogP contribution in [0.4, 0.5) is 5.82 Å². The summed E-state index contributed by atoms with van der Waals surface area (Å²) < 4.78 is 1.35. The summed E-state index contributed by atoms with van der Waals surface area (Å²) in [7, 11) is 0. The molecule has 8 nitrogen and oxygen atoms in total. The number of aromatic amines is 1. The number of carbonyl (C=O) groups excluding carboxylic acids is 1. The lowest BCUT2D eigenvalue weighted by Gasteiger charge is -2.19. The monoisotopic (exact) mass is 264 g/mol. The van der Waals surface area contributed by atoms with Gasteiger partial charge in [-0.15, -0.1) is 0 Å². The van der Waals surface area contributed by atoms with E-state index in [2.05, 4.69) is 20.5 Å². The van der Waals surface area contributed by atoms with E-state index in [0.717, 1.165) is 0 Å². The summed E-state index contributed by atoms with van der Waals surface area (Å²) in [4.78, 5) is 27.0. The Hall–Kier alpha value is -2.38. The largest absolute Gasteiger partial charge is 0.368 e. The molecule has 2 heterocycles. The van der Waals surface area contributed by atoms with Crippen molar-refractivity contribution in [2.45, 2.75) is 26.8 Å². The third kappa shape index (κ3) is 2.42. The topological polar surface area (TPSA) is 118 Å². The highest BCUT2D eigenvalue weighted by Crippen LogP contribution is 2.12. The number of nitrogens with one attached hydrogen (secondary N) is 2. The molecule has 1 atom stereocenters. The van der Waals surface area contributed by atoms with Gasteiger partial charge >= 0.3 is 5.69 Å². The van der Waals surface area contributed by atoms with Crippen molar-refractivity contribution in [1.29, 1.82) is 0 Å². The van der Waals surface area contributed by atoms with Crippen LogP contribution in [0.1, 0.15) is 19.7 Å². The number of amides is 1. The van der Waals surface area contributed by atoms with Gasteiger partial charge in [0.2, 0.25) is 5.91 Å². The van der Waals surface area contributed by atoms with Crippen molar-refractivity contribution < 1.29 is 4.79 Å². The van der Waals surface area contributed by atoms with Gasteiger partial charge in [0, 0.05) is 6.07 Å². The molecule has 0 radical (unpaired) electrons. The first-order valence-corrected chi connectivity index (χ1v) is 5.90. The van der Waals surface area contributed by atoms with E-state index in [1.807, 2.05) is 13.8 Å². The molecule has 1 unspecified atom stereocenters. The number of aromatic nitrogens is 4. The zero-order valence-electron chi connectivity index (χ0n) is 11.0. The van der Waals surface area contributed by atoms with Crippen LogP contribution >= 0.6 is 0 Å². The van der Waals surface area contributed by atoms with Crippen molar-refractivity contribution in [3.63, 3.8) is 0 Å². The van der Waals surface area contributed by atoms with Crippen LogP contribution in [0.3, 0.4) is 0 Å². The molecule has 1 amide bonds. The van der Waals surface area contributed by atoms with Crippen molar-refractivity contribution >= 4 is 17.4 Å². The lowest BCUT2D eigenvalue weighted by atomic mass is 10.0. The molecular formula is C11H16N6O2. The van der Waals surface area contributed by atoms with E-state index in [-0.39, 0.29) is 11.6 Å². The van der Waals surface area contributed by atoms with Crippen LogP contribution in [-0.4, -0.2) is 31.5 Å². The molecular weight excluding hydrogens is 248 g/mol. The quantitative estimate of drug-likeness (QED) is 0.697. The lowest BCUT2D eigenvalue weighted by Crippen LogP contribution is -2.39. The lowest BCUT2D eigenvalue weighted by molar-refractivity contribution is -0.119. The van der Waals surface area contributed by atoms with Gasteiger partial charge in [-0.25, -0.2) is 19.3 Å². The summed E-state index contributed by atoms with van der Waals surface area (Å²) in [5.74, 6) is 0.512. The fraction of sp³-hybridized carbons (Fsp3) is 0.455. The molecule has 0 spiro atoms. The molecule has 0 aliphatic heterocycles. The van der Waals surface area contributed by atoms with Crippen molar-refractivity contribution in [3.8, 4) is 0 Å². The maximum absolute atomic E-state index is 11.5. The molecule has 0 saturated carbocycles. The maximum Gasteiger partial charge on any atom is 0.349 e. The fourth-order valence-corrected chi connectivity index (χ4v) is 1.90. The second-order valence-corrected chi connectivity index (χ2v) is 4.68. The predicted molar refractivity (Wildman–Crippen MR) is 69.8 cm³/mol. The first kappa shape index (κ1) is 13.1. The number of fused-ring (bicyclic) bond motifs is 1. The summed E-state index contributed by atoms with van der Waals surface area (Å²) in [6.45, 7) is 5.45. The number of carbonyl (C=O) groups is 1. The molecule has 8 heteroatoms. The van der Waals surface area contributed by atoms with Crippen LogP contribution in [-0.2, 0) is 4.79 Å². The van der Waals surface area contributed by atoms with E-state index in [9.17, 15) is 9.59 Å². The highest BCUT2D eigenvalue weighted by Gasteiger charge is 2.20. The van der Waals surface area contributed by atoms with Crippen molar-refractivity contribution in [1.82, 2.24) is 19.6 Å². The minimum Gasteiger partial charge on any atom is -0.368 e. The zero-order valence-corrected chi connectivity index (χ0v) is 11.0. The van der Waals surface area contributed by atoms with Crippen LogP contribution in [0.25, 0.3) is 5.65 Å². The average Bonchev–Trinajstić information content (AvgIpc) is 2.67. The molecule has 0 bridgehead atoms. The molecule has 102 valence electrons. The Labute approximate surface area is 109 Å². The van der Waals surface area contributed by atoms with Gasteiger partial charge in [0.25, 0.3) is 0 Å². The number of hydrogen-bond donors (Lipinski definition) is 3. The number of anilines is 1. The molecule has 0 aromatic carbocycles. The Bertz CT molecular complexity index is 671. The van der Waals surface area contributed by atoms with Gasteiger partial charge in [-0.3, -0.25) is 4.79 Å². The van der Waals surface area contributed by atoms with E-state index in [1.165, 1.54) is 4.40 Å². The van der Waals surface area contributed by atoms with Gasteiger partial charge in [0.1, 0.15) is 17.7 Å². The van der Waals surface area contributed by atoms with Crippen LogP contribution in [0.2, 0.25) is 0 Å². The third-order valence-corrected chi connectivity index (χ3v) is 2.85. The minimum absolute atomic E-state index is 0.0252. The van der Waals surface area contributed by atoms with Gasteiger partial charge in [-0.1, -0.05) is 13.8 Å². The van der Waals surface area contributed by atoms with Crippen LogP contribution in [0.15, 0.2) is 10.9 Å². The Morgan fingerprint density at radius 2 is 2.21 bits per heavy atom. The van der Waals surface area contributed by atoms with Gasteiger partial charge in [-0.2, -0.15) is 5.10 Å². The normalized spacial score (nSPS) is 12.8. The number of H-pyrrole nitrogens is 1. The van der Waals surface area contributed by atoms with E-state index < -0.39 is 11.9 Å². The zero-order chi connectivity index (χ0) is 14.2. The van der Waals surface area contributed by atoms with E-state index in [4.69, 9.17) is 5.73 Å². The van der Waals surface area contributed by atoms with Crippen molar-refractivity contribution in [3.05, 3.63) is 22.4 Å². The van der Waals surface area contributed by atoms with Crippen LogP contribution < -0.4 is 16.7 Å². The number of rotatable bonds is 4. The minimum atomic E-state index is -0.528. The molecule has 2 aromatic heterocycles. The summed E-state index contributed by atoms with van der Waals surface area (Å²) in [5.41, 5.74) is 5.43. The third-order valence-electron chi connectivity index (χ3n) is 2.85. The number of primary amides is 1. The molecule has 2 aromatic rings. The Morgan fingerprint density at radius 1 is 1.53 bits per heavy atom. The summed E-state index contributed by atoms with van der Waals surface area (Å²) in [6.07, 6.45) is 0. The molecule has 19 heavy (non-hydrogen) atoms. The SMILES string of the molecule is Cc1nc(NC(C(N)=O)C(C)C)cc2n[nH]c(=O)n12. The Balaban J connectivity index is 2.41. The second kappa shape index (κ2) is 4.71. The maximum atomic E-state index is 11.5. The molecule has 0 fully saturated rings. The molecule has 0 saturated heterocycles. The number of nitrogens with two attached hydrogens (primary N) is 1. The first-order valence-electron chi connectivity index (χ1n) is 5.90. The Kier molecular flexibility index (Phi) is 3.24. The van der Waals surface area contributed by atoms with E-state index in [0.29, 0.717) is 17.3 Å². The predicted octanol–water partition coefficient (Wildman–Crippen LogP) is -0.352. The number of aryl methyl sites for hydroxylation is 1. The molecule has 0 aliphatic carbocycles. The fourth-order valence-electron chi connectivity index (χ4n) is 1.90. The average molecular weight is 264 g/mol. The number of hydrogen-bond acceptors (Lipinski definition) is 5. The summed E-state index contributed by atoms with van der Waals surface area (Å²) in [5, 5.41) is 9.17. The van der Waals surface area contributed by atoms with E-state index >= 15 is 0 Å². The van der Waals surface area contributed by atoms with Gasteiger partial charge < -0.3 is 11.1 Å². The first-order chi connectivity index (χ1) is 8.90. The van der Waals surface area contributed by atoms with E-state index in [1.54, 1.807) is 13.0 Å². The second-order valence-electron chi connectivity index (χ2n) is 4.68. The van der Waals surface area contributed by atoms with Crippen LogP contribution in [0.5, 0.6) is 0 Å². The number of nitrogens with zero attached hydrogens (tertiary/aromatic N) is 3. The van der Waals surface area contributed by atoms with Gasteiger partial charge in [0.05, 0.1) is 0 Å². The van der Waals surface area contributed by atoms with Crippen molar-refractivity contribution in [2.75, 3.05) is 5.32 Å². The summed E-state index contributed by atoms with van der Waals surface area (Å²) >= 11 is 0. The standard InChI is InChI=1S/C11H16N6O2/c1-5(2)9(10(12)18)14-7-4-8-15-16-11(19)17(8)6(3)13-7/h4-5,9,14H,1-3H3,(H2,12,18)(H,16,19). The van der Waals surface area contributed by atoms with Gasteiger partial charge in [-0.05, 0) is 12.8 Å². The highest BCUT2D eigenvalue weighted by molar-refractivity contribution is 5.83. The summed E-state index contributed by atoms with van der Waals surface area (Å²) in [6, 6.07) is 1.06. The highest BCUT2D eigenvalue weighted by atomic mass is 16.2. The molecule has 4 N–H and O–H groups in total. The van der Waals surface area contributed by atoms with Gasteiger partial charge in [0.15, 0.2) is 5.65 Å².